The van der Waals surface area contributed by atoms with Crippen molar-refractivity contribution in [3.63, 3.8) is 0 Å². The van der Waals surface area contributed by atoms with Crippen molar-refractivity contribution in [3.8, 4) is 0 Å². The molecule has 0 spiro atoms. The summed E-state index contributed by atoms with van der Waals surface area (Å²) < 4.78 is 5.52. The van der Waals surface area contributed by atoms with Crippen LogP contribution in [0.4, 0.5) is 0 Å². The normalized spacial score (nSPS) is 9.89. The van der Waals surface area contributed by atoms with Crippen LogP contribution in [-0.4, -0.2) is 16.9 Å². The molecular formula is C24H34N2O. The molecule has 0 amide bonds. The van der Waals surface area contributed by atoms with Crippen molar-refractivity contribution in [1.29, 1.82) is 0 Å². The van der Waals surface area contributed by atoms with Gasteiger partial charge in [-0.1, -0.05) is 83.7 Å². The molecule has 0 fully saturated rings. The molecule has 0 saturated heterocycles. The Kier molecular flexibility index (Phi) is 9.95. The third-order valence-corrected chi connectivity index (χ3v) is 4.01. The quantitative estimate of drug-likeness (QED) is 0.486. The molecule has 146 valence electrons. The second-order valence-electron chi connectivity index (χ2n) is 6.44. The van der Waals surface area contributed by atoms with Crippen LogP contribution >= 0.6 is 0 Å². The molecule has 3 rings (SSSR count). The molecule has 1 aromatic heterocycles. The smallest absolute Gasteiger partial charge is 0.198 e. The first-order valence-electron chi connectivity index (χ1n) is 9.79. The van der Waals surface area contributed by atoms with Gasteiger partial charge in [-0.2, -0.15) is 0 Å². The van der Waals surface area contributed by atoms with Gasteiger partial charge in [0.15, 0.2) is 11.5 Å². The predicted octanol–water partition coefficient (Wildman–Crippen LogP) is 7.02. The molecule has 0 aliphatic carbocycles. The van der Waals surface area contributed by atoms with Gasteiger partial charge in [-0.15, -0.1) is 0 Å². The van der Waals surface area contributed by atoms with Crippen LogP contribution in [0, 0.1) is 0 Å². The highest BCUT2D eigenvalue weighted by molar-refractivity contribution is 5.72. The Morgan fingerprint density at radius 3 is 2.19 bits per heavy atom. The molecule has 0 radical (unpaired) electrons. The summed E-state index contributed by atoms with van der Waals surface area (Å²) in [5.41, 5.74) is 4.34. The zero-order chi connectivity index (χ0) is 20.2. The van der Waals surface area contributed by atoms with E-state index < -0.39 is 0 Å². The summed E-state index contributed by atoms with van der Waals surface area (Å²) in [5.74, 6) is 1.17. The minimum Gasteiger partial charge on any atom is -0.440 e. The fourth-order valence-electron chi connectivity index (χ4n) is 2.38. The maximum Gasteiger partial charge on any atom is 0.198 e. The minimum absolute atomic E-state index is 0.359. The van der Waals surface area contributed by atoms with E-state index in [-0.39, 0.29) is 0 Å². The molecule has 0 unspecified atom stereocenters. The number of hydrogen-bond acceptors (Lipinski definition) is 3. The third-order valence-electron chi connectivity index (χ3n) is 4.01. The van der Waals surface area contributed by atoms with Crippen LogP contribution in [-0.2, 0) is 6.54 Å². The Labute approximate surface area is 164 Å². The molecule has 2 aromatic carbocycles. The molecule has 0 saturated carbocycles. The Hall–Kier alpha value is -2.55. The molecule has 0 bridgehead atoms. The number of hydrogen-bond donors (Lipinski definition) is 0. The average Bonchev–Trinajstić information content (AvgIpc) is 3.15. The lowest BCUT2D eigenvalue weighted by Gasteiger charge is -2.20. The first-order chi connectivity index (χ1) is 13.0. The Morgan fingerprint density at radius 1 is 1.04 bits per heavy atom. The minimum atomic E-state index is 0.359. The van der Waals surface area contributed by atoms with E-state index in [0.717, 1.165) is 30.0 Å². The van der Waals surface area contributed by atoms with Crippen molar-refractivity contribution < 1.29 is 4.42 Å². The number of oxazole rings is 1. The van der Waals surface area contributed by atoms with E-state index in [2.05, 4.69) is 68.5 Å². The molecule has 0 atom stereocenters. The van der Waals surface area contributed by atoms with Gasteiger partial charge in [0.2, 0.25) is 0 Å². The van der Waals surface area contributed by atoms with Crippen molar-refractivity contribution in [2.45, 2.75) is 53.5 Å². The Morgan fingerprint density at radius 2 is 1.63 bits per heavy atom. The molecule has 0 N–H and O–H groups in total. The number of rotatable bonds is 5. The van der Waals surface area contributed by atoms with Crippen molar-refractivity contribution in [2.24, 2.45) is 0 Å². The average molecular weight is 367 g/mol. The second-order valence-corrected chi connectivity index (χ2v) is 6.44. The van der Waals surface area contributed by atoms with Crippen molar-refractivity contribution >= 4 is 11.1 Å². The van der Waals surface area contributed by atoms with Crippen molar-refractivity contribution in [3.05, 3.63) is 78.3 Å². The van der Waals surface area contributed by atoms with E-state index in [0.29, 0.717) is 5.92 Å². The van der Waals surface area contributed by atoms with Crippen molar-refractivity contribution in [2.75, 3.05) is 7.05 Å². The maximum atomic E-state index is 5.52. The van der Waals surface area contributed by atoms with E-state index in [1.54, 1.807) is 0 Å². The first kappa shape index (κ1) is 22.5. The van der Waals surface area contributed by atoms with Gasteiger partial charge in [0.25, 0.3) is 0 Å². The molecule has 27 heavy (non-hydrogen) atoms. The van der Waals surface area contributed by atoms with Gasteiger partial charge in [0, 0.05) is 25.2 Å². The molecule has 3 heteroatoms. The monoisotopic (exact) mass is 366 g/mol. The zero-order valence-corrected chi connectivity index (χ0v) is 17.7. The maximum absolute atomic E-state index is 5.52. The summed E-state index contributed by atoms with van der Waals surface area (Å²) in [5, 5.41) is 0. The number of benzene rings is 2. The van der Waals surface area contributed by atoms with Gasteiger partial charge in [0.1, 0.15) is 5.52 Å². The van der Waals surface area contributed by atoms with E-state index in [1.165, 1.54) is 11.3 Å². The molecular weight excluding hydrogens is 332 g/mol. The Bertz CT molecular complexity index is 757. The first-order valence-corrected chi connectivity index (χ1v) is 9.79. The number of para-hydroxylation sites is 2. The van der Waals surface area contributed by atoms with Crippen LogP contribution in [0.15, 0.2) is 71.3 Å². The summed E-state index contributed by atoms with van der Waals surface area (Å²) in [6, 6.07) is 18.3. The van der Waals surface area contributed by atoms with Gasteiger partial charge in [0.05, 0.1) is 0 Å². The lowest BCUT2D eigenvalue weighted by Crippen LogP contribution is -2.15. The molecule has 0 aliphatic rings. The fraction of sp³-hybridized carbons (Fsp3) is 0.375. The number of nitrogens with zero attached hydrogens (tertiary/aromatic N) is 2. The van der Waals surface area contributed by atoms with Gasteiger partial charge in [-0.25, -0.2) is 4.98 Å². The SMILES string of the molecule is C=C(CC)N(C)Cc1ccccc1.CC.CC(C)c1nc2ccccc2o1. The highest BCUT2D eigenvalue weighted by atomic mass is 16.3. The van der Waals surface area contributed by atoms with Crippen LogP contribution in [0.5, 0.6) is 0 Å². The van der Waals surface area contributed by atoms with Crippen LogP contribution in [0.3, 0.4) is 0 Å². The highest BCUT2D eigenvalue weighted by Crippen LogP contribution is 2.20. The topological polar surface area (TPSA) is 29.3 Å². The number of fused-ring (bicyclic) bond motifs is 1. The lowest BCUT2D eigenvalue weighted by atomic mass is 10.2. The van der Waals surface area contributed by atoms with Crippen LogP contribution in [0.2, 0.25) is 0 Å². The number of aromatic nitrogens is 1. The zero-order valence-electron chi connectivity index (χ0n) is 17.7. The Balaban J connectivity index is 0.000000248. The van der Waals surface area contributed by atoms with Crippen molar-refractivity contribution in [1.82, 2.24) is 9.88 Å². The van der Waals surface area contributed by atoms with Crippen LogP contribution in [0.1, 0.15) is 58.4 Å². The fourth-order valence-corrected chi connectivity index (χ4v) is 2.38. The van der Waals surface area contributed by atoms with E-state index in [9.17, 15) is 0 Å². The third kappa shape index (κ3) is 7.30. The highest BCUT2D eigenvalue weighted by Gasteiger charge is 2.07. The second kappa shape index (κ2) is 11.9. The summed E-state index contributed by atoms with van der Waals surface area (Å²) in [6.07, 6.45) is 1.02. The molecule has 1 heterocycles. The molecule has 0 aliphatic heterocycles. The lowest BCUT2D eigenvalue weighted by molar-refractivity contribution is 0.401. The van der Waals surface area contributed by atoms with E-state index >= 15 is 0 Å². The summed E-state index contributed by atoms with van der Waals surface area (Å²) >= 11 is 0. The van der Waals surface area contributed by atoms with Gasteiger partial charge >= 0.3 is 0 Å². The van der Waals surface area contributed by atoms with Gasteiger partial charge < -0.3 is 9.32 Å². The van der Waals surface area contributed by atoms with E-state index in [1.807, 2.05) is 44.2 Å². The summed E-state index contributed by atoms with van der Waals surface area (Å²) in [7, 11) is 2.08. The van der Waals surface area contributed by atoms with Gasteiger partial charge in [-0.05, 0) is 24.1 Å². The predicted molar refractivity (Wildman–Crippen MR) is 117 cm³/mol. The standard InChI is InChI=1S/C12H17N.C10H11NO.C2H6/c1-4-11(2)13(3)10-12-8-6-5-7-9-12;1-7(2)10-11-8-5-3-4-6-9(8)12-10;1-2/h5-9H,2,4,10H2,1,3H3;3-7H,1-2H3;1-2H3. The molecule has 3 aromatic rings. The summed E-state index contributed by atoms with van der Waals surface area (Å²) in [6.45, 7) is 15.2. The van der Waals surface area contributed by atoms with E-state index in [4.69, 9.17) is 4.42 Å². The molecule has 3 nitrogen and oxygen atoms in total. The largest absolute Gasteiger partial charge is 0.440 e. The summed E-state index contributed by atoms with van der Waals surface area (Å²) in [4.78, 5) is 6.54. The van der Waals surface area contributed by atoms with Gasteiger partial charge in [-0.3, -0.25) is 0 Å². The van der Waals surface area contributed by atoms with Crippen LogP contribution < -0.4 is 0 Å². The van der Waals surface area contributed by atoms with Crippen LogP contribution in [0.25, 0.3) is 11.1 Å². The number of allylic oxidation sites excluding steroid dienone is 1.